The quantitative estimate of drug-likeness (QED) is 0.584. The first-order valence-electron chi connectivity index (χ1n) is 7.44. The third kappa shape index (κ3) is 2.11. The van der Waals surface area contributed by atoms with Crippen LogP contribution in [0.4, 0.5) is 17.1 Å². The molecule has 0 N–H and O–H groups in total. The average molecular weight is 271 g/mol. The van der Waals surface area contributed by atoms with Crippen LogP contribution in [-0.4, -0.2) is 0 Å². The summed E-state index contributed by atoms with van der Waals surface area (Å²) >= 11 is 0. The van der Waals surface area contributed by atoms with Crippen molar-refractivity contribution in [1.82, 2.24) is 0 Å². The van der Waals surface area contributed by atoms with E-state index < -0.39 is 0 Å². The highest BCUT2D eigenvalue weighted by atomic mass is 15.1. The fourth-order valence-corrected chi connectivity index (χ4v) is 3.14. The second-order valence-electron chi connectivity index (χ2n) is 5.43. The van der Waals surface area contributed by atoms with E-state index in [0.29, 0.717) is 0 Å². The Bertz CT molecular complexity index is 714. The molecule has 3 aromatic carbocycles. The molecule has 0 aromatic heterocycles. The number of anilines is 3. The number of para-hydroxylation sites is 3. The van der Waals surface area contributed by atoms with Gasteiger partial charge in [-0.1, -0.05) is 54.6 Å². The summed E-state index contributed by atoms with van der Waals surface area (Å²) in [7, 11) is 0. The van der Waals surface area contributed by atoms with Gasteiger partial charge in [0.25, 0.3) is 0 Å². The smallest absolute Gasteiger partial charge is 0.0493 e. The third-order valence-corrected chi connectivity index (χ3v) is 4.14. The zero-order valence-electron chi connectivity index (χ0n) is 11.9. The summed E-state index contributed by atoms with van der Waals surface area (Å²) in [6.07, 6.45) is 2.19. The van der Waals surface area contributed by atoms with Crippen molar-refractivity contribution in [2.24, 2.45) is 0 Å². The van der Waals surface area contributed by atoms with Crippen LogP contribution in [0, 0.1) is 0 Å². The Morgan fingerprint density at radius 2 is 1.00 bits per heavy atom. The summed E-state index contributed by atoms with van der Waals surface area (Å²) in [5.41, 5.74) is 6.65. The van der Waals surface area contributed by atoms with E-state index in [2.05, 4.69) is 83.8 Å². The first kappa shape index (κ1) is 12.2. The molecule has 0 unspecified atom stereocenters. The molecular formula is C20H17N. The SMILES string of the molecule is c1ccc(N2c3ccccc3CCc3ccccc32)cc1. The van der Waals surface area contributed by atoms with Crippen molar-refractivity contribution in [1.29, 1.82) is 0 Å². The standard InChI is InChI=1S/C20H17N/c1-2-10-18(11-3-1)21-19-12-6-4-8-16(19)14-15-17-9-5-7-13-20(17)21/h1-13H,14-15H2. The molecule has 1 aliphatic heterocycles. The fraction of sp³-hybridized carbons (Fsp3) is 0.100. The van der Waals surface area contributed by atoms with Crippen LogP contribution in [0.3, 0.4) is 0 Å². The molecular weight excluding hydrogens is 254 g/mol. The molecule has 0 bridgehead atoms. The van der Waals surface area contributed by atoms with Crippen LogP contribution in [-0.2, 0) is 12.8 Å². The molecule has 3 aromatic rings. The molecule has 0 atom stereocenters. The van der Waals surface area contributed by atoms with E-state index in [-0.39, 0.29) is 0 Å². The lowest BCUT2D eigenvalue weighted by molar-refractivity contribution is 0.977. The molecule has 4 rings (SSSR count). The van der Waals surface area contributed by atoms with Crippen molar-refractivity contribution in [2.45, 2.75) is 12.8 Å². The first-order chi connectivity index (χ1) is 10.4. The van der Waals surface area contributed by atoms with Crippen LogP contribution in [0.2, 0.25) is 0 Å². The minimum atomic E-state index is 1.09. The Morgan fingerprint density at radius 3 is 1.57 bits per heavy atom. The van der Waals surface area contributed by atoms with Gasteiger partial charge in [0.05, 0.1) is 0 Å². The molecule has 102 valence electrons. The van der Waals surface area contributed by atoms with Gasteiger partial charge in [-0.15, -0.1) is 0 Å². The monoisotopic (exact) mass is 271 g/mol. The van der Waals surface area contributed by atoms with Crippen molar-refractivity contribution in [2.75, 3.05) is 4.90 Å². The molecule has 1 heterocycles. The summed E-state index contributed by atoms with van der Waals surface area (Å²) in [5.74, 6) is 0. The topological polar surface area (TPSA) is 3.24 Å². The maximum atomic E-state index is 2.39. The number of rotatable bonds is 1. The van der Waals surface area contributed by atoms with Gasteiger partial charge in [-0.05, 0) is 48.2 Å². The van der Waals surface area contributed by atoms with E-state index in [1.165, 1.54) is 28.2 Å². The molecule has 0 aliphatic carbocycles. The van der Waals surface area contributed by atoms with E-state index in [1.807, 2.05) is 0 Å². The Kier molecular flexibility index (Phi) is 2.97. The highest BCUT2D eigenvalue weighted by Gasteiger charge is 2.20. The number of aryl methyl sites for hydroxylation is 2. The van der Waals surface area contributed by atoms with E-state index in [9.17, 15) is 0 Å². The second kappa shape index (κ2) is 5.10. The third-order valence-electron chi connectivity index (χ3n) is 4.14. The number of fused-ring (bicyclic) bond motifs is 2. The molecule has 1 aliphatic rings. The van der Waals surface area contributed by atoms with Gasteiger partial charge < -0.3 is 4.90 Å². The molecule has 1 heteroatoms. The van der Waals surface area contributed by atoms with Gasteiger partial charge in [-0.2, -0.15) is 0 Å². The minimum absolute atomic E-state index is 1.09. The maximum Gasteiger partial charge on any atom is 0.0493 e. The van der Waals surface area contributed by atoms with Crippen LogP contribution in [0.15, 0.2) is 78.9 Å². The van der Waals surface area contributed by atoms with E-state index in [0.717, 1.165) is 12.8 Å². The lowest BCUT2D eigenvalue weighted by Crippen LogP contribution is -2.11. The Hall–Kier alpha value is -2.54. The summed E-state index contributed by atoms with van der Waals surface area (Å²) < 4.78 is 0. The predicted octanol–water partition coefficient (Wildman–Crippen LogP) is 5.26. The average Bonchev–Trinajstić information content (AvgIpc) is 2.72. The van der Waals surface area contributed by atoms with Crippen molar-refractivity contribution in [3.63, 3.8) is 0 Å². The number of nitrogens with zero attached hydrogens (tertiary/aromatic N) is 1. The van der Waals surface area contributed by atoms with Gasteiger partial charge in [-0.25, -0.2) is 0 Å². The Labute approximate surface area is 125 Å². The zero-order chi connectivity index (χ0) is 14.1. The fourth-order valence-electron chi connectivity index (χ4n) is 3.14. The highest BCUT2D eigenvalue weighted by molar-refractivity contribution is 5.81. The van der Waals surface area contributed by atoms with Gasteiger partial charge in [-0.3, -0.25) is 0 Å². The molecule has 0 amide bonds. The van der Waals surface area contributed by atoms with Crippen LogP contribution < -0.4 is 4.90 Å². The zero-order valence-corrected chi connectivity index (χ0v) is 11.9. The minimum Gasteiger partial charge on any atom is -0.310 e. The van der Waals surface area contributed by atoms with Gasteiger partial charge in [0.1, 0.15) is 0 Å². The molecule has 0 radical (unpaired) electrons. The van der Waals surface area contributed by atoms with Crippen LogP contribution in [0.5, 0.6) is 0 Å². The molecule has 0 fully saturated rings. The molecule has 1 nitrogen and oxygen atoms in total. The number of hydrogen-bond donors (Lipinski definition) is 0. The predicted molar refractivity (Wildman–Crippen MR) is 88.5 cm³/mol. The Morgan fingerprint density at radius 1 is 0.524 bits per heavy atom. The highest BCUT2D eigenvalue weighted by Crippen LogP contribution is 2.41. The van der Waals surface area contributed by atoms with Crippen molar-refractivity contribution in [3.8, 4) is 0 Å². The number of hydrogen-bond acceptors (Lipinski definition) is 1. The van der Waals surface area contributed by atoms with Crippen molar-refractivity contribution < 1.29 is 0 Å². The molecule has 0 saturated carbocycles. The van der Waals surface area contributed by atoms with Crippen LogP contribution in [0.25, 0.3) is 0 Å². The largest absolute Gasteiger partial charge is 0.310 e. The maximum absolute atomic E-state index is 2.39. The van der Waals surface area contributed by atoms with Gasteiger partial charge in [0.15, 0.2) is 0 Å². The first-order valence-corrected chi connectivity index (χ1v) is 7.44. The number of benzene rings is 3. The van der Waals surface area contributed by atoms with Gasteiger partial charge in [0, 0.05) is 17.1 Å². The van der Waals surface area contributed by atoms with Crippen molar-refractivity contribution >= 4 is 17.1 Å². The lowest BCUT2D eigenvalue weighted by Gasteiger charge is -2.27. The molecule has 21 heavy (non-hydrogen) atoms. The summed E-state index contributed by atoms with van der Waals surface area (Å²) in [6, 6.07) is 28.1. The second-order valence-corrected chi connectivity index (χ2v) is 5.43. The lowest BCUT2D eigenvalue weighted by atomic mass is 10.0. The van der Waals surface area contributed by atoms with E-state index in [1.54, 1.807) is 0 Å². The summed E-state index contributed by atoms with van der Waals surface area (Å²) in [6.45, 7) is 0. The summed E-state index contributed by atoms with van der Waals surface area (Å²) in [5, 5.41) is 0. The molecule has 0 saturated heterocycles. The molecule has 0 spiro atoms. The van der Waals surface area contributed by atoms with Crippen molar-refractivity contribution in [3.05, 3.63) is 90.0 Å². The normalized spacial score (nSPS) is 13.2. The van der Waals surface area contributed by atoms with E-state index in [4.69, 9.17) is 0 Å². The van der Waals surface area contributed by atoms with Crippen LogP contribution >= 0.6 is 0 Å². The van der Waals surface area contributed by atoms with E-state index >= 15 is 0 Å². The Balaban J connectivity index is 1.99. The van der Waals surface area contributed by atoms with Gasteiger partial charge >= 0.3 is 0 Å². The summed E-state index contributed by atoms with van der Waals surface area (Å²) in [4.78, 5) is 2.39. The van der Waals surface area contributed by atoms with Gasteiger partial charge in [0.2, 0.25) is 0 Å². The van der Waals surface area contributed by atoms with Crippen LogP contribution in [0.1, 0.15) is 11.1 Å².